The van der Waals surface area contributed by atoms with E-state index in [9.17, 15) is 0 Å². The topological polar surface area (TPSA) is 0 Å². The molecule has 19 heavy (non-hydrogen) atoms. The van der Waals surface area contributed by atoms with Gasteiger partial charge in [0.15, 0.2) is 0 Å². The number of alkyl halides is 1. The third kappa shape index (κ3) is 3.36. The van der Waals surface area contributed by atoms with Gasteiger partial charge in [-0.25, -0.2) is 0 Å². The van der Waals surface area contributed by atoms with Crippen molar-refractivity contribution in [3.05, 3.63) is 66.6 Å². The van der Waals surface area contributed by atoms with Gasteiger partial charge in [0.05, 0.1) is 5.38 Å². The molecule has 0 saturated carbocycles. The molecule has 2 rings (SSSR count). The van der Waals surface area contributed by atoms with Crippen LogP contribution in [0.25, 0.3) is 0 Å². The molecule has 2 aromatic carbocycles. The Kier molecular flexibility index (Phi) is 4.99. The van der Waals surface area contributed by atoms with Crippen LogP contribution in [0.15, 0.2) is 39.3 Å². The van der Waals surface area contributed by atoms with E-state index in [1.807, 2.05) is 38.1 Å². The van der Waals surface area contributed by atoms with Crippen LogP contribution < -0.4 is 0 Å². The molecule has 100 valence electrons. The molecule has 0 amide bonds. The maximum Gasteiger partial charge on any atom is 0.0849 e. The van der Waals surface area contributed by atoms with Crippen molar-refractivity contribution in [2.75, 3.05) is 0 Å². The minimum Gasteiger partial charge on any atom is -0.113 e. The minimum absolute atomic E-state index is 0.196. The first-order chi connectivity index (χ1) is 8.90. The van der Waals surface area contributed by atoms with Gasteiger partial charge in [0.1, 0.15) is 0 Å². The van der Waals surface area contributed by atoms with Gasteiger partial charge in [-0.1, -0.05) is 55.6 Å². The molecule has 0 bridgehead atoms. The summed E-state index contributed by atoms with van der Waals surface area (Å²) in [5.41, 5.74) is 4.29. The quantitative estimate of drug-likeness (QED) is 0.466. The zero-order valence-electron chi connectivity index (χ0n) is 10.5. The zero-order valence-corrected chi connectivity index (χ0v) is 15.2. The average Bonchev–Trinajstić information content (AvgIpc) is 2.33. The molecule has 2 aromatic rings. The van der Waals surface area contributed by atoms with E-state index in [2.05, 4.69) is 37.9 Å². The fourth-order valence-corrected chi connectivity index (χ4v) is 4.00. The van der Waals surface area contributed by atoms with Crippen LogP contribution >= 0.6 is 55.1 Å². The van der Waals surface area contributed by atoms with Crippen LogP contribution in [0, 0.1) is 13.8 Å². The van der Waals surface area contributed by atoms with Gasteiger partial charge in [0.25, 0.3) is 0 Å². The van der Waals surface area contributed by atoms with Gasteiger partial charge in [0.2, 0.25) is 0 Å². The number of rotatable bonds is 2. The normalized spacial score (nSPS) is 12.5. The van der Waals surface area contributed by atoms with E-state index in [0.29, 0.717) is 0 Å². The molecule has 0 fully saturated rings. The summed E-state index contributed by atoms with van der Waals surface area (Å²) in [4.78, 5) is 0. The summed E-state index contributed by atoms with van der Waals surface area (Å²) in [5.74, 6) is 0. The van der Waals surface area contributed by atoms with E-state index in [0.717, 1.165) is 36.2 Å². The van der Waals surface area contributed by atoms with Crippen LogP contribution in [0.4, 0.5) is 0 Å². The Labute approximate surface area is 140 Å². The SMILES string of the molecule is Cc1cc(C(Cl)c2ccc(Br)cc2Br)c(C)cc1Cl. The summed E-state index contributed by atoms with van der Waals surface area (Å²) in [7, 11) is 0. The van der Waals surface area contributed by atoms with Crippen molar-refractivity contribution < 1.29 is 0 Å². The summed E-state index contributed by atoms with van der Waals surface area (Å²) in [5, 5.41) is 0.582. The second-order valence-electron chi connectivity index (χ2n) is 4.49. The van der Waals surface area contributed by atoms with E-state index < -0.39 is 0 Å². The van der Waals surface area contributed by atoms with Crippen LogP contribution in [0.5, 0.6) is 0 Å². The van der Waals surface area contributed by atoms with Gasteiger partial charge in [-0.15, -0.1) is 11.6 Å². The van der Waals surface area contributed by atoms with Crippen molar-refractivity contribution in [3.63, 3.8) is 0 Å². The van der Waals surface area contributed by atoms with Crippen molar-refractivity contribution in [1.29, 1.82) is 0 Å². The Hall–Kier alpha value is -0.0200. The third-order valence-corrected chi connectivity index (χ3v) is 5.11. The molecule has 4 heteroatoms. The molecule has 0 radical (unpaired) electrons. The Balaban J connectivity index is 2.49. The van der Waals surface area contributed by atoms with E-state index in [-0.39, 0.29) is 5.38 Å². The molecule has 1 atom stereocenters. The third-order valence-electron chi connectivity index (χ3n) is 3.06. The lowest BCUT2D eigenvalue weighted by Crippen LogP contribution is -1.98. The lowest BCUT2D eigenvalue weighted by atomic mass is 9.98. The van der Waals surface area contributed by atoms with Crippen molar-refractivity contribution in [3.8, 4) is 0 Å². The van der Waals surface area contributed by atoms with Gasteiger partial charge in [-0.2, -0.15) is 0 Å². The lowest BCUT2D eigenvalue weighted by molar-refractivity contribution is 1.09. The van der Waals surface area contributed by atoms with E-state index in [1.54, 1.807) is 0 Å². The van der Waals surface area contributed by atoms with Gasteiger partial charge < -0.3 is 0 Å². The second kappa shape index (κ2) is 6.17. The molecule has 0 heterocycles. The summed E-state index contributed by atoms with van der Waals surface area (Å²) in [6.45, 7) is 4.02. The highest BCUT2D eigenvalue weighted by atomic mass is 79.9. The summed E-state index contributed by atoms with van der Waals surface area (Å²) in [6.07, 6.45) is 0. The van der Waals surface area contributed by atoms with Crippen molar-refractivity contribution in [2.45, 2.75) is 19.2 Å². The van der Waals surface area contributed by atoms with Crippen molar-refractivity contribution in [2.24, 2.45) is 0 Å². The molecule has 1 unspecified atom stereocenters. The second-order valence-corrected chi connectivity index (χ2v) is 7.10. The largest absolute Gasteiger partial charge is 0.113 e. The predicted octanol–water partition coefficient (Wildman–Crippen LogP) is 6.81. The Morgan fingerprint density at radius 2 is 1.63 bits per heavy atom. The predicted molar refractivity (Wildman–Crippen MR) is 90.5 cm³/mol. The molecule has 0 aliphatic heterocycles. The first-order valence-corrected chi connectivity index (χ1v) is 8.16. The molecule has 0 aliphatic rings. The molecule has 0 aromatic heterocycles. The first-order valence-electron chi connectivity index (χ1n) is 5.76. The Morgan fingerprint density at radius 3 is 2.26 bits per heavy atom. The maximum absolute atomic E-state index is 6.63. The summed E-state index contributed by atoms with van der Waals surface area (Å²) < 4.78 is 2.02. The number of benzene rings is 2. The number of halogens is 4. The first kappa shape index (κ1) is 15.4. The fraction of sp³-hybridized carbons (Fsp3) is 0.200. The van der Waals surface area contributed by atoms with Crippen LogP contribution in [-0.4, -0.2) is 0 Å². The van der Waals surface area contributed by atoms with Crippen molar-refractivity contribution >= 4 is 55.1 Å². The maximum atomic E-state index is 6.63. The van der Waals surface area contributed by atoms with Crippen molar-refractivity contribution in [1.82, 2.24) is 0 Å². The zero-order chi connectivity index (χ0) is 14.2. The van der Waals surface area contributed by atoms with Crippen LogP contribution in [0.3, 0.4) is 0 Å². The van der Waals surface area contributed by atoms with Crippen LogP contribution in [0.1, 0.15) is 27.6 Å². The smallest absolute Gasteiger partial charge is 0.0849 e. The molecule has 0 spiro atoms. The van der Waals surface area contributed by atoms with Gasteiger partial charge in [-0.05, 0) is 54.3 Å². The Morgan fingerprint density at radius 1 is 0.947 bits per heavy atom. The number of hydrogen-bond donors (Lipinski definition) is 0. The van der Waals surface area contributed by atoms with Gasteiger partial charge in [-0.3, -0.25) is 0 Å². The highest BCUT2D eigenvalue weighted by molar-refractivity contribution is 9.11. The number of hydrogen-bond acceptors (Lipinski definition) is 0. The molecule has 0 aliphatic carbocycles. The molecular weight excluding hydrogens is 411 g/mol. The van der Waals surface area contributed by atoms with Crippen LogP contribution in [0.2, 0.25) is 5.02 Å². The Bertz CT molecular complexity index is 624. The molecule has 0 N–H and O–H groups in total. The standard InChI is InChI=1S/C15H12Br2Cl2/c1-8-6-14(18)9(2)5-12(8)15(19)11-4-3-10(16)7-13(11)17/h3-7,15H,1-2H3. The minimum atomic E-state index is -0.196. The summed E-state index contributed by atoms with van der Waals surface area (Å²) >= 11 is 19.8. The monoisotopic (exact) mass is 420 g/mol. The highest BCUT2D eigenvalue weighted by Gasteiger charge is 2.17. The van der Waals surface area contributed by atoms with Crippen LogP contribution in [-0.2, 0) is 0 Å². The molecular formula is C15H12Br2Cl2. The molecule has 0 saturated heterocycles. The average molecular weight is 423 g/mol. The lowest BCUT2D eigenvalue weighted by Gasteiger charge is -2.16. The van der Waals surface area contributed by atoms with E-state index in [4.69, 9.17) is 23.2 Å². The summed E-state index contributed by atoms with van der Waals surface area (Å²) in [6, 6.07) is 10.0. The van der Waals surface area contributed by atoms with E-state index >= 15 is 0 Å². The van der Waals surface area contributed by atoms with Gasteiger partial charge >= 0.3 is 0 Å². The fourth-order valence-electron chi connectivity index (χ4n) is 1.95. The van der Waals surface area contributed by atoms with E-state index in [1.165, 1.54) is 0 Å². The van der Waals surface area contributed by atoms with Gasteiger partial charge in [0, 0.05) is 14.0 Å². The number of aryl methyl sites for hydroxylation is 2. The highest BCUT2D eigenvalue weighted by Crippen LogP contribution is 2.37. The molecule has 0 nitrogen and oxygen atoms in total.